The van der Waals surface area contributed by atoms with Gasteiger partial charge in [-0.25, -0.2) is 4.98 Å². The molecule has 134 valence electrons. The molecule has 0 amide bonds. The smallest absolute Gasteiger partial charge is 0.123 e. The molecule has 0 fully saturated rings. The molecule has 0 aliphatic carbocycles. The van der Waals surface area contributed by atoms with Gasteiger partial charge in [0, 0.05) is 40.4 Å². The second-order valence-corrected chi connectivity index (χ2v) is 7.18. The molecule has 2 aromatic heterocycles. The van der Waals surface area contributed by atoms with Crippen molar-refractivity contribution in [3.8, 4) is 0 Å². The number of hydrogen-bond donors (Lipinski definition) is 0. The highest BCUT2D eigenvalue weighted by atomic mass is 35.5. The van der Waals surface area contributed by atoms with E-state index in [-0.39, 0.29) is 0 Å². The van der Waals surface area contributed by atoms with Crippen molar-refractivity contribution in [3.63, 3.8) is 0 Å². The molecular weight excluding hydrogens is 377 g/mol. The van der Waals surface area contributed by atoms with E-state index >= 15 is 0 Å². The van der Waals surface area contributed by atoms with Crippen LogP contribution in [0.2, 0.25) is 10.0 Å². The van der Waals surface area contributed by atoms with Gasteiger partial charge in [0.15, 0.2) is 0 Å². The fourth-order valence-corrected chi connectivity index (χ4v) is 3.86. The summed E-state index contributed by atoms with van der Waals surface area (Å²) in [5.74, 6) is 0.892. The monoisotopic (exact) mass is 393 g/mol. The molecule has 27 heavy (non-hydrogen) atoms. The summed E-state index contributed by atoms with van der Waals surface area (Å²) in [6.45, 7) is 2.00. The minimum Gasteiger partial charge on any atom is -0.317 e. The number of pyridine rings is 1. The molecule has 5 heteroatoms. The van der Waals surface area contributed by atoms with Gasteiger partial charge in [-0.05, 0) is 48.4 Å². The third-order valence-electron chi connectivity index (χ3n) is 4.79. The summed E-state index contributed by atoms with van der Waals surface area (Å²) in [7, 11) is 0. The number of hydrogen-bond acceptors (Lipinski definition) is 2. The molecule has 2 heterocycles. The summed E-state index contributed by atoms with van der Waals surface area (Å²) in [6.07, 6.45) is 7.47. The summed E-state index contributed by atoms with van der Waals surface area (Å²) in [6, 6.07) is 19.8. The van der Waals surface area contributed by atoms with E-state index in [1.807, 2.05) is 80.1 Å². The Bertz CT molecular complexity index is 994. The lowest BCUT2D eigenvalue weighted by Gasteiger charge is -2.38. The van der Waals surface area contributed by atoms with Crippen LogP contribution < -0.4 is 0 Å². The summed E-state index contributed by atoms with van der Waals surface area (Å²) < 4.78 is 2.16. The van der Waals surface area contributed by atoms with Crippen molar-refractivity contribution >= 4 is 23.2 Å². The van der Waals surface area contributed by atoms with E-state index in [1.165, 1.54) is 0 Å². The van der Waals surface area contributed by atoms with Crippen LogP contribution in [0, 0.1) is 6.92 Å². The van der Waals surface area contributed by atoms with Crippen LogP contribution in [0.5, 0.6) is 0 Å². The molecule has 0 bridgehead atoms. The molecule has 0 aliphatic rings. The minimum absolute atomic E-state index is 0.649. The first-order chi connectivity index (χ1) is 13.1. The number of nitrogens with zero attached hydrogens (tertiary/aromatic N) is 3. The minimum atomic E-state index is -0.649. The van der Waals surface area contributed by atoms with Gasteiger partial charge >= 0.3 is 0 Å². The Labute approximate surface area is 168 Å². The zero-order chi connectivity index (χ0) is 18.9. The standard InChI is InChI=1S/C22H17Cl2N3/c1-16-26-13-14-27(16)22(19-3-2-12-25-15-19,17-4-8-20(23)9-5-17)18-6-10-21(24)11-7-18/h2-15H,1H3. The Morgan fingerprint density at radius 2 is 1.37 bits per heavy atom. The molecule has 4 aromatic rings. The van der Waals surface area contributed by atoms with Crippen LogP contribution in [0.4, 0.5) is 0 Å². The van der Waals surface area contributed by atoms with E-state index in [0.29, 0.717) is 10.0 Å². The van der Waals surface area contributed by atoms with Gasteiger partial charge in [0.1, 0.15) is 11.4 Å². The second-order valence-electron chi connectivity index (χ2n) is 6.31. The number of aromatic nitrogens is 3. The van der Waals surface area contributed by atoms with Gasteiger partial charge in [0.05, 0.1) is 0 Å². The van der Waals surface area contributed by atoms with Crippen LogP contribution in [0.25, 0.3) is 0 Å². The van der Waals surface area contributed by atoms with Gasteiger partial charge in [-0.1, -0.05) is 53.5 Å². The topological polar surface area (TPSA) is 30.7 Å². The lowest BCUT2D eigenvalue weighted by atomic mass is 9.77. The van der Waals surface area contributed by atoms with Crippen molar-refractivity contribution in [2.24, 2.45) is 0 Å². The maximum atomic E-state index is 6.18. The Balaban J connectivity index is 2.13. The number of halogens is 2. The number of aryl methyl sites for hydroxylation is 1. The fourth-order valence-electron chi connectivity index (χ4n) is 3.61. The molecule has 4 rings (SSSR count). The van der Waals surface area contributed by atoms with Crippen molar-refractivity contribution in [1.82, 2.24) is 14.5 Å². The average Bonchev–Trinajstić information content (AvgIpc) is 3.12. The molecule has 0 unspecified atom stereocenters. The molecular formula is C22H17Cl2N3. The summed E-state index contributed by atoms with van der Waals surface area (Å²) in [5, 5.41) is 1.38. The maximum absolute atomic E-state index is 6.18. The molecule has 0 N–H and O–H groups in total. The molecule has 0 saturated carbocycles. The van der Waals surface area contributed by atoms with Crippen LogP contribution in [0.1, 0.15) is 22.5 Å². The normalized spacial score (nSPS) is 11.5. The van der Waals surface area contributed by atoms with E-state index in [0.717, 1.165) is 22.5 Å². The van der Waals surface area contributed by atoms with E-state index in [9.17, 15) is 0 Å². The van der Waals surface area contributed by atoms with Crippen LogP contribution in [0.15, 0.2) is 85.5 Å². The van der Waals surface area contributed by atoms with Gasteiger partial charge in [0.2, 0.25) is 0 Å². The van der Waals surface area contributed by atoms with E-state index in [1.54, 1.807) is 6.20 Å². The molecule has 0 spiro atoms. The highest BCUT2D eigenvalue weighted by molar-refractivity contribution is 6.30. The van der Waals surface area contributed by atoms with E-state index < -0.39 is 5.54 Å². The predicted molar refractivity (Wildman–Crippen MR) is 109 cm³/mol. The first-order valence-corrected chi connectivity index (χ1v) is 9.31. The van der Waals surface area contributed by atoms with Crippen molar-refractivity contribution in [3.05, 3.63) is 118 Å². The van der Waals surface area contributed by atoms with Gasteiger partial charge in [-0.3, -0.25) is 4.98 Å². The largest absolute Gasteiger partial charge is 0.317 e. The lowest BCUT2D eigenvalue weighted by molar-refractivity contribution is 0.500. The molecule has 0 saturated heterocycles. The average molecular weight is 394 g/mol. The molecule has 0 atom stereocenters. The van der Waals surface area contributed by atoms with E-state index in [2.05, 4.69) is 20.6 Å². The third-order valence-corrected chi connectivity index (χ3v) is 5.29. The van der Waals surface area contributed by atoms with Crippen LogP contribution >= 0.6 is 23.2 Å². The fraction of sp³-hybridized carbons (Fsp3) is 0.0909. The third kappa shape index (κ3) is 3.03. The Morgan fingerprint density at radius 1 is 0.778 bits per heavy atom. The van der Waals surface area contributed by atoms with Crippen molar-refractivity contribution in [1.29, 1.82) is 0 Å². The Morgan fingerprint density at radius 3 is 1.81 bits per heavy atom. The highest BCUT2D eigenvalue weighted by Gasteiger charge is 2.39. The van der Waals surface area contributed by atoms with E-state index in [4.69, 9.17) is 23.2 Å². The molecule has 3 nitrogen and oxygen atoms in total. The summed E-state index contributed by atoms with van der Waals surface area (Å²) in [5.41, 5.74) is 2.49. The zero-order valence-electron chi connectivity index (χ0n) is 14.7. The summed E-state index contributed by atoms with van der Waals surface area (Å²) >= 11 is 12.4. The van der Waals surface area contributed by atoms with Crippen LogP contribution in [-0.4, -0.2) is 14.5 Å². The van der Waals surface area contributed by atoms with Crippen LogP contribution in [-0.2, 0) is 5.54 Å². The molecule has 0 aliphatic heterocycles. The quantitative estimate of drug-likeness (QED) is 0.442. The number of rotatable bonds is 4. The Kier molecular flexibility index (Phi) is 4.73. The van der Waals surface area contributed by atoms with Crippen molar-refractivity contribution in [2.45, 2.75) is 12.5 Å². The predicted octanol–water partition coefficient (Wildman–Crippen LogP) is 5.73. The number of imidazole rings is 1. The first kappa shape index (κ1) is 17.8. The van der Waals surface area contributed by atoms with Crippen molar-refractivity contribution < 1.29 is 0 Å². The van der Waals surface area contributed by atoms with Gasteiger partial charge < -0.3 is 4.57 Å². The lowest BCUT2D eigenvalue weighted by Crippen LogP contribution is -2.38. The van der Waals surface area contributed by atoms with Crippen LogP contribution in [0.3, 0.4) is 0 Å². The molecule has 0 radical (unpaired) electrons. The SMILES string of the molecule is Cc1nccn1C(c1ccc(Cl)cc1)(c1ccc(Cl)cc1)c1cccnc1. The zero-order valence-corrected chi connectivity index (χ0v) is 16.2. The van der Waals surface area contributed by atoms with Gasteiger partial charge in [0.25, 0.3) is 0 Å². The van der Waals surface area contributed by atoms with Gasteiger partial charge in [-0.15, -0.1) is 0 Å². The highest BCUT2D eigenvalue weighted by Crippen LogP contribution is 2.41. The maximum Gasteiger partial charge on any atom is 0.123 e. The first-order valence-electron chi connectivity index (χ1n) is 8.55. The van der Waals surface area contributed by atoms with Crippen molar-refractivity contribution in [2.75, 3.05) is 0 Å². The molecule has 2 aromatic carbocycles. The second kappa shape index (κ2) is 7.18. The Hall–Kier alpha value is -2.62. The summed E-state index contributed by atoms with van der Waals surface area (Å²) in [4.78, 5) is 8.88. The number of benzene rings is 2. The van der Waals surface area contributed by atoms with Gasteiger partial charge in [-0.2, -0.15) is 0 Å².